The first-order chi connectivity index (χ1) is 13.8. The van der Waals surface area contributed by atoms with Crippen LogP contribution in [0.2, 0.25) is 0 Å². The summed E-state index contributed by atoms with van der Waals surface area (Å²) >= 11 is 0. The molecule has 29 heavy (non-hydrogen) atoms. The molecule has 0 spiro atoms. The number of hydrogen-bond donors (Lipinski definition) is 3. The number of sulfonamides is 1. The summed E-state index contributed by atoms with van der Waals surface area (Å²) in [5.41, 5.74) is 1.44. The van der Waals surface area contributed by atoms with Crippen molar-refractivity contribution in [1.82, 2.24) is 4.98 Å². The van der Waals surface area contributed by atoms with Crippen molar-refractivity contribution in [3.05, 3.63) is 53.7 Å². The molecule has 1 heterocycles. The van der Waals surface area contributed by atoms with Crippen LogP contribution in [0.1, 0.15) is 41.6 Å². The molecule has 2 aromatic rings. The SMILES string of the molecule is N#CC1(c2ccc(NC(=O)c3cccnc3NCCS(N)(=O)=O)cc2)CCCC1. The second kappa shape index (κ2) is 8.59. The second-order valence-corrected chi connectivity index (χ2v) is 8.86. The molecule has 9 heteroatoms. The van der Waals surface area contributed by atoms with E-state index < -0.39 is 15.4 Å². The molecule has 1 aromatic heterocycles. The number of hydrogen-bond acceptors (Lipinski definition) is 6. The Hall–Kier alpha value is -2.96. The van der Waals surface area contributed by atoms with E-state index in [1.165, 1.54) is 6.20 Å². The summed E-state index contributed by atoms with van der Waals surface area (Å²) in [7, 11) is -3.61. The molecular weight excluding hydrogens is 390 g/mol. The van der Waals surface area contributed by atoms with Crippen molar-refractivity contribution in [1.29, 1.82) is 5.26 Å². The monoisotopic (exact) mass is 413 g/mol. The Bertz CT molecular complexity index is 1020. The highest BCUT2D eigenvalue weighted by molar-refractivity contribution is 7.89. The topological polar surface area (TPSA) is 138 Å². The largest absolute Gasteiger partial charge is 0.368 e. The van der Waals surface area contributed by atoms with Gasteiger partial charge in [0.05, 0.1) is 22.8 Å². The van der Waals surface area contributed by atoms with Crippen LogP contribution in [0.4, 0.5) is 11.5 Å². The third-order valence-corrected chi connectivity index (χ3v) is 5.87. The zero-order valence-electron chi connectivity index (χ0n) is 15.9. The van der Waals surface area contributed by atoms with Crippen molar-refractivity contribution in [2.45, 2.75) is 31.1 Å². The Morgan fingerprint density at radius 1 is 1.21 bits per heavy atom. The zero-order valence-corrected chi connectivity index (χ0v) is 16.7. The van der Waals surface area contributed by atoms with Crippen LogP contribution >= 0.6 is 0 Å². The van der Waals surface area contributed by atoms with E-state index in [-0.39, 0.29) is 29.6 Å². The average Bonchev–Trinajstić information content (AvgIpc) is 3.18. The van der Waals surface area contributed by atoms with Crippen LogP contribution in [0.3, 0.4) is 0 Å². The van der Waals surface area contributed by atoms with E-state index in [2.05, 4.69) is 21.7 Å². The minimum Gasteiger partial charge on any atom is -0.368 e. The number of primary sulfonamides is 1. The molecule has 0 unspecified atom stereocenters. The molecule has 0 atom stereocenters. The fourth-order valence-electron chi connectivity index (χ4n) is 3.56. The van der Waals surface area contributed by atoms with Crippen molar-refractivity contribution in [3.8, 4) is 6.07 Å². The first-order valence-corrected chi connectivity index (χ1v) is 11.1. The molecule has 1 saturated carbocycles. The third-order valence-electron chi connectivity index (χ3n) is 5.10. The zero-order chi connectivity index (χ0) is 20.9. The normalized spacial score (nSPS) is 15.4. The lowest BCUT2D eigenvalue weighted by Crippen LogP contribution is -2.24. The average molecular weight is 414 g/mol. The van der Waals surface area contributed by atoms with E-state index in [4.69, 9.17) is 5.14 Å². The number of carbonyl (C=O) groups is 1. The number of carbonyl (C=O) groups excluding carboxylic acids is 1. The van der Waals surface area contributed by atoms with Gasteiger partial charge in [0.25, 0.3) is 5.91 Å². The highest BCUT2D eigenvalue weighted by Gasteiger charge is 2.35. The number of amides is 1. The van der Waals surface area contributed by atoms with Gasteiger partial charge in [-0.1, -0.05) is 25.0 Å². The minimum atomic E-state index is -3.61. The van der Waals surface area contributed by atoms with Crippen LogP contribution < -0.4 is 15.8 Å². The van der Waals surface area contributed by atoms with Crippen molar-refractivity contribution in [2.24, 2.45) is 5.14 Å². The molecule has 1 aromatic carbocycles. The number of rotatable bonds is 7. The minimum absolute atomic E-state index is 0.0427. The Balaban J connectivity index is 1.70. The maximum atomic E-state index is 12.7. The quantitative estimate of drug-likeness (QED) is 0.637. The van der Waals surface area contributed by atoms with Crippen LogP contribution in [0.15, 0.2) is 42.6 Å². The van der Waals surface area contributed by atoms with Crippen molar-refractivity contribution >= 4 is 27.4 Å². The molecule has 0 radical (unpaired) electrons. The fraction of sp³-hybridized carbons (Fsp3) is 0.350. The lowest BCUT2D eigenvalue weighted by atomic mass is 9.80. The number of anilines is 2. The molecule has 1 amide bonds. The lowest BCUT2D eigenvalue weighted by molar-refractivity contribution is 0.102. The summed E-state index contributed by atoms with van der Waals surface area (Å²) in [5, 5.41) is 20.2. The Kier molecular flexibility index (Phi) is 6.15. The molecule has 3 rings (SSSR count). The highest BCUT2D eigenvalue weighted by Crippen LogP contribution is 2.40. The summed E-state index contributed by atoms with van der Waals surface area (Å²) in [6.07, 6.45) is 5.33. The van der Waals surface area contributed by atoms with Crippen LogP contribution in [0, 0.1) is 11.3 Å². The maximum Gasteiger partial charge on any atom is 0.259 e. The Morgan fingerprint density at radius 3 is 2.52 bits per heavy atom. The van der Waals surface area contributed by atoms with Gasteiger partial charge in [-0.25, -0.2) is 18.5 Å². The van der Waals surface area contributed by atoms with Crippen molar-refractivity contribution < 1.29 is 13.2 Å². The van der Waals surface area contributed by atoms with Crippen LogP contribution in [-0.2, 0) is 15.4 Å². The molecule has 152 valence electrons. The molecule has 8 nitrogen and oxygen atoms in total. The molecule has 0 aliphatic heterocycles. The van der Waals surface area contributed by atoms with Crippen LogP contribution in [0.25, 0.3) is 0 Å². The van der Waals surface area contributed by atoms with E-state index in [0.29, 0.717) is 5.69 Å². The van der Waals surface area contributed by atoms with Gasteiger partial charge in [0.1, 0.15) is 5.82 Å². The van der Waals surface area contributed by atoms with Gasteiger partial charge < -0.3 is 10.6 Å². The summed E-state index contributed by atoms with van der Waals surface area (Å²) in [4.78, 5) is 16.8. The lowest BCUT2D eigenvalue weighted by Gasteiger charge is -2.21. The Labute approximate surface area is 170 Å². The van der Waals surface area contributed by atoms with Gasteiger partial charge >= 0.3 is 0 Å². The first kappa shape index (κ1) is 20.8. The van der Waals surface area contributed by atoms with Gasteiger partial charge in [0.15, 0.2) is 0 Å². The van der Waals surface area contributed by atoms with Crippen LogP contribution in [0.5, 0.6) is 0 Å². The molecule has 0 saturated heterocycles. The molecule has 1 aliphatic carbocycles. The molecular formula is C20H23N5O3S. The molecule has 0 bridgehead atoms. The summed E-state index contributed by atoms with van der Waals surface area (Å²) < 4.78 is 22.1. The summed E-state index contributed by atoms with van der Waals surface area (Å²) in [6, 6.07) is 13.0. The number of nitrogens with zero attached hydrogens (tertiary/aromatic N) is 2. The smallest absolute Gasteiger partial charge is 0.259 e. The van der Waals surface area contributed by atoms with Gasteiger partial charge in [-0.05, 0) is 42.7 Å². The molecule has 1 fully saturated rings. The standard InChI is InChI=1S/C20H23N5O3S/c21-14-20(9-1-2-10-20)15-5-7-16(8-6-15)25-19(26)17-4-3-11-23-18(17)24-12-13-29(22,27)28/h3-8,11H,1-2,9-10,12-13H2,(H,23,24)(H,25,26)(H2,22,27,28). The predicted molar refractivity (Wildman–Crippen MR) is 111 cm³/mol. The second-order valence-electron chi connectivity index (χ2n) is 7.13. The van der Waals surface area contributed by atoms with Crippen molar-refractivity contribution in [3.63, 3.8) is 0 Å². The number of nitriles is 1. The Morgan fingerprint density at radius 2 is 1.90 bits per heavy atom. The van der Waals surface area contributed by atoms with E-state index in [9.17, 15) is 18.5 Å². The van der Waals surface area contributed by atoms with Gasteiger partial charge in [-0.3, -0.25) is 4.79 Å². The number of benzene rings is 1. The van der Waals surface area contributed by atoms with E-state index >= 15 is 0 Å². The van der Waals surface area contributed by atoms with Gasteiger partial charge in [-0.2, -0.15) is 5.26 Å². The third kappa shape index (κ3) is 5.10. The van der Waals surface area contributed by atoms with Crippen LogP contribution in [-0.4, -0.2) is 31.6 Å². The maximum absolute atomic E-state index is 12.7. The van der Waals surface area contributed by atoms with E-state index in [0.717, 1.165) is 31.2 Å². The highest BCUT2D eigenvalue weighted by atomic mass is 32.2. The summed E-state index contributed by atoms with van der Waals surface area (Å²) in [6.45, 7) is 0.0427. The summed E-state index contributed by atoms with van der Waals surface area (Å²) in [5.74, 6) is -0.369. The number of aromatic nitrogens is 1. The van der Waals surface area contributed by atoms with Gasteiger partial charge in [0.2, 0.25) is 10.0 Å². The fourth-order valence-corrected chi connectivity index (χ4v) is 3.94. The number of pyridine rings is 1. The van der Waals surface area contributed by atoms with Crippen molar-refractivity contribution in [2.75, 3.05) is 22.9 Å². The number of nitrogens with one attached hydrogen (secondary N) is 2. The first-order valence-electron chi connectivity index (χ1n) is 9.35. The van der Waals surface area contributed by atoms with E-state index in [1.807, 2.05) is 12.1 Å². The van der Waals surface area contributed by atoms with Gasteiger partial charge in [0, 0.05) is 18.4 Å². The number of nitrogens with two attached hydrogens (primary N) is 1. The molecule has 1 aliphatic rings. The van der Waals surface area contributed by atoms with Gasteiger partial charge in [-0.15, -0.1) is 0 Å². The van der Waals surface area contributed by atoms with E-state index in [1.54, 1.807) is 24.3 Å². The molecule has 4 N–H and O–H groups in total. The predicted octanol–water partition coefficient (Wildman–Crippen LogP) is 2.37.